The minimum Gasteiger partial charge on any atom is -0.381 e. The van der Waals surface area contributed by atoms with Crippen molar-refractivity contribution in [1.82, 2.24) is 4.98 Å². The Morgan fingerprint density at radius 1 is 1.22 bits per heavy atom. The fourth-order valence-corrected chi connectivity index (χ4v) is 1.54. The number of benzene rings is 1. The Hall–Kier alpha value is -2.48. The number of pyridine rings is 1. The van der Waals surface area contributed by atoms with E-state index >= 15 is 0 Å². The number of aromatic nitrogens is 1. The van der Waals surface area contributed by atoms with Crippen molar-refractivity contribution >= 4 is 5.69 Å². The number of halogens is 2. The summed E-state index contributed by atoms with van der Waals surface area (Å²) in [5.41, 5.74) is 1.28. The first-order chi connectivity index (χ1) is 8.69. The first-order valence-electron chi connectivity index (χ1n) is 5.23. The first kappa shape index (κ1) is 12.0. The van der Waals surface area contributed by atoms with Crippen LogP contribution in [0.5, 0.6) is 0 Å². The number of nitrogens with one attached hydrogen (secondary N) is 1. The quantitative estimate of drug-likeness (QED) is 0.904. The van der Waals surface area contributed by atoms with Crippen molar-refractivity contribution in [2.75, 3.05) is 5.32 Å². The van der Waals surface area contributed by atoms with Gasteiger partial charge in [0.1, 0.15) is 23.4 Å². The van der Waals surface area contributed by atoms with Crippen molar-refractivity contribution in [3.05, 3.63) is 59.4 Å². The molecule has 0 fully saturated rings. The van der Waals surface area contributed by atoms with Gasteiger partial charge in [-0.1, -0.05) is 6.07 Å². The summed E-state index contributed by atoms with van der Waals surface area (Å²) in [5.74, 6) is -1.30. The number of anilines is 1. The molecule has 0 aliphatic rings. The minimum atomic E-state index is -0.649. The van der Waals surface area contributed by atoms with Crippen LogP contribution in [0.4, 0.5) is 14.5 Å². The van der Waals surface area contributed by atoms with E-state index in [-0.39, 0.29) is 6.54 Å². The standard InChI is InChI=1S/C13H9F2N3/c14-10-4-11(15)6-12(5-10)18-8-9-2-1-3-17-13(9)7-16/h1-6,18H,8H2. The third-order valence-electron chi connectivity index (χ3n) is 2.34. The molecule has 0 saturated heterocycles. The van der Waals surface area contributed by atoms with E-state index in [0.717, 1.165) is 6.07 Å². The number of rotatable bonds is 3. The van der Waals surface area contributed by atoms with Crippen LogP contribution in [0.2, 0.25) is 0 Å². The lowest BCUT2D eigenvalue weighted by Crippen LogP contribution is -2.03. The van der Waals surface area contributed by atoms with Crippen molar-refractivity contribution in [1.29, 1.82) is 5.26 Å². The molecule has 2 rings (SSSR count). The Morgan fingerprint density at radius 3 is 2.61 bits per heavy atom. The van der Waals surface area contributed by atoms with E-state index < -0.39 is 11.6 Å². The molecule has 0 aliphatic carbocycles. The monoisotopic (exact) mass is 245 g/mol. The van der Waals surface area contributed by atoms with E-state index in [1.54, 1.807) is 12.1 Å². The maximum absolute atomic E-state index is 13.0. The lowest BCUT2D eigenvalue weighted by atomic mass is 10.2. The van der Waals surface area contributed by atoms with E-state index in [9.17, 15) is 8.78 Å². The highest BCUT2D eigenvalue weighted by Crippen LogP contribution is 2.14. The highest BCUT2D eigenvalue weighted by molar-refractivity contribution is 5.45. The van der Waals surface area contributed by atoms with Crippen LogP contribution in [-0.4, -0.2) is 4.98 Å². The molecule has 2 aromatic rings. The topological polar surface area (TPSA) is 48.7 Å². The average molecular weight is 245 g/mol. The predicted molar refractivity (Wildman–Crippen MR) is 62.6 cm³/mol. The van der Waals surface area contributed by atoms with Gasteiger partial charge in [0.05, 0.1) is 0 Å². The van der Waals surface area contributed by atoms with Crippen molar-refractivity contribution in [3.8, 4) is 6.07 Å². The highest BCUT2D eigenvalue weighted by Gasteiger charge is 2.04. The van der Waals surface area contributed by atoms with Gasteiger partial charge < -0.3 is 5.32 Å². The summed E-state index contributed by atoms with van der Waals surface area (Å²) < 4.78 is 25.9. The second-order valence-electron chi connectivity index (χ2n) is 3.63. The lowest BCUT2D eigenvalue weighted by Gasteiger charge is -2.07. The Kier molecular flexibility index (Phi) is 3.49. The second kappa shape index (κ2) is 5.23. The SMILES string of the molecule is N#Cc1ncccc1CNc1cc(F)cc(F)c1. The van der Waals surface area contributed by atoms with Gasteiger partial charge in [-0.3, -0.25) is 0 Å². The zero-order valence-corrected chi connectivity index (χ0v) is 9.32. The van der Waals surface area contributed by atoms with Gasteiger partial charge in [0.15, 0.2) is 0 Å². The van der Waals surface area contributed by atoms with Crippen molar-refractivity contribution in [3.63, 3.8) is 0 Å². The van der Waals surface area contributed by atoms with Gasteiger partial charge in [0.2, 0.25) is 0 Å². The summed E-state index contributed by atoms with van der Waals surface area (Å²) in [6, 6.07) is 8.56. The van der Waals surface area contributed by atoms with Crippen molar-refractivity contribution < 1.29 is 8.78 Å². The number of hydrogen-bond donors (Lipinski definition) is 1. The molecule has 1 aromatic heterocycles. The maximum Gasteiger partial charge on any atom is 0.145 e. The van der Waals surface area contributed by atoms with Crippen LogP contribution in [0, 0.1) is 23.0 Å². The molecule has 0 saturated carbocycles. The van der Waals surface area contributed by atoms with Crippen molar-refractivity contribution in [2.24, 2.45) is 0 Å². The Bertz CT molecular complexity index is 585. The third-order valence-corrected chi connectivity index (χ3v) is 2.34. The summed E-state index contributed by atoms with van der Waals surface area (Å²) in [6.07, 6.45) is 1.52. The molecule has 1 heterocycles. The molecule has 18 heavy (non-hydrogen) atoms. The molecule has 0 unspecified atom stereocenters. The van der Waals surface area contributed by atoms with E-state index in [0.29, 0.717) is 16.9 Å². The first-order valence-corrected chi connectivity index (χ1v) is 5.23. The fraction of sp³-hybridized carbons (Fsp3) is 0.0769. The molecular formula is C13H9F2N3. The number of nitrogens with zero attached hydrogens (tertiary/aromatic N) is 2. The molecular weight excluding hydrogens is 236 g/mol. The summed E-state index contributed by atoms with van der Waals surface area (Å²) in [7, 11) is 0. The molecule has 1 N–H and O–H groups in total. The van der Waals surface area contributed by atoms with Crippen LogP contribution in [0.25, 0.3) is 0 Å². The second-order valence-corrected chi connectivity index (χ2v) is 3.63. The van der Waals surface area contributed by atoms with Gasteiger partial charge in [-0.2, -0.15) is 5.26 Å². The van der Waals surface area contributed by atoms with Crippen LogP contribution in [0.3, 0.4) is 0 Å². The van der Waals surface area contributed by atoms with Gasteiger partial charge >= 0.3 is 0 Å². The summed E-state index contributed by atoms with van der Waals surface area (Å²) >= 11 is 0. The van der Waals surface area contributed by atoms with Gasteiger partial charge in [-0.05, 0) is 18.2 Å². The van der Waals surface area contributed by atoms with Crippen LogP contribution in [0.1, 0.15) is 11.3 Å². The van der Waals surface area contributed by atoms with Crippen LogP contribution in [-0.2, 0) is 6.54 Å². The zero-order chi connectivity index (χ0) is 13.0. The smallest absolute Gasteiger partial charge is 0.145 e. The van der Waals surface area contributed by atoms with Crippen molar-refractivity contribution in [2.45, 2.75) is 6.54 Å². The molecule has 90 valence electrons. The van der Waals surface area contributed by atoms with Gasteiger partial charge in [-0.15, -0.1) is 0 Å². The Morgan fingerprint density at radius 2 is 1.94 bits per heavy atom. The van der Waals surface area contributed by atoms with Gasteiger partial charge in [-0.25, -0.2) is 13.8 Å². The van der Waals surface area contributed by atoms with Gasteiger partial charge in [0, 0.05) is 30.1 Å². The van der Waals surface area contributed by atoms with Gasteiger partial charge in [0.25, 0.3) is 0 Å². The minimum absolute atomic E-state index is 0.277. The molecule has 0 amide bonds. The lowest BCUT2D eigenvalue weighted by molar-refractivity contribution is 0.584. The molecule has 0 aliphatic heterocycles. The molecule has 1 aromatic carbocycles. The normalized spacial score (nSPS) is 9.83. The van der Waals surface area contributed by atoms with E-state index in [1.165, 1.54) is 18.3 Å². The summed E-state index contributed by atoms with van der Waals surface area (Å²) in [6.45, 7) is 0.277. The summed E-state index contributed by atoms with van der Waals surface area (Å²) in [4.78, 5) is 3.90. The summed E-state index contributed by atoms with van der Waals surface area (Å²) in [5, 5.41) is 11.7. The molecule has 3 nitrogen and oxygen atoms in total. The molecule has 0 atom stereocenters. The predicted octanol–water partition coefficient (Wildman–Crippen LogP) is 2.84. The van der Waals surface area contributed by atoms with Crippen LogP contribution < -0.4 is 5.32 Å². The Labute approximate surface area is 103 Å². The van der Waals surface area contributed by atoms with E-state index in [2.05, 4.69) is 10.3 Å². The fourth-order valence-electron chi connectivity index (χ4n) is 1.54. The molecule has 0 spiro atoms. The van der Waals surface area contributed by atoms with E-state index in [4.69, 9.17) is 5.26 Å². The average Bonchev–Trinajstić information content (AvgIpc) is 2.35. The van der Waals surface area contributed by atoms with Crippen LogP contribution in [0.15, 0.2) is 36.5 Å². The molecule has 0 radical (unpaired) electrons. The largest absolute Gasteiger partial charge is 0.381 e. The zero-order valence-electron chi connectivity index (χ0n) is 9.32. The van der Waals surface area contributed by atoms with E-state index in [1.807, 2.05) is 6.07 Å². The third kappa shape index (κ3) is 2.80. The maximum atomic E-state index is 13.0. The Balaban J connectivity index is 2.14. The number of nitriles is 1. The van der Waals surface area contributed by atoms with Crippen LogP contribution >= 0.6 is 0 Å². The number of hydrogen-bond acceptors (Lipinski definition) is 3. The highest BCUT2D eigenvalue weighted by atomic mass is 19.1. The molecule has 5 heteroatoms. The molecule has 0 bridgehead atoms.